The number of carbonyl (C=O) groups is 2. The maximum absolute atomic E-state index is 12.7. The maximum Gasteiger partial charge on any atom is 0.240 e. The van der Waals surface area contributed by atoms with Gasteiger partial charge in [0, 0.05) is 25.8 Å². The number of morpholine rings is 1. The molecular formula is C17H27N5O3. The number of nitrogens with two attached hydrogens (primary N) is 1. The summed E-state index contributed by atoms with van der Waals surface area (Å²) in [6.45, 7) is 5.59. The summed E-state index contributed by atoms with van der Waals surface area (Å²) >= 11 is 0. The number of primary amides is 1. The quantitative estimate of drug-likeness (QED) is 0.792. The molecule has 2 aliphatic heterocycles. The molecule has 0 radical (unpaired) electrons. The van der Waals surface area contributed by atoms with E-state index in [1.54, 1.807) is 4.90 Å². The first-order chi connectivity index (χ1) is 12.0. The number of amides is 2. The van der Waals surface area contributed by atoms with Crippen LogP contribution in [0.3, 0.4) is 0 Å². The molecule has 2 fully saturated rings. The van der Waals surface area contributed by atoms with Gasteiger partial charge in [-0.05, 0) is 31.7 Å². The Morgan fingerprint density at radius 3 is 2.92 bits per heavy atom. The largest absolute Gasteiger partial charge is 0.374 e. The smallest absolute Gasteiger partial charge is 0.240 e. The third-order valence-corrected chi connectivity index (χ3v) is 4.89. The molecule has 1 aromatic heterocycles. The molecule has 8 nitrogen and oxygen atoms in total. The lowest BCUT2D eigenvalue weighted by atomic mass is 10.0. The van der Waals surface area contributed by atoms with Crippen LogP contribution in [0.4, 0.5) is 0 Å². The van der Waals surface area contributed by atoms with Gasteiger partial charge in [-0.3, -0.25) is 19.2 Å². The normalized spacial score (nSPS) is 25.1. The van der Waals surface area contributed by atoms with Crippen LogP contribution in [0.2, 0.25) is 0 Å². The van der Waals surface area contributed by atoms with Gasteiger partial charge in [-0.1, -0.05) is 0 Å². The van der Waals surface area contributed by atoms with Crippen LogP contribution in [0, 0.1) is 6.92 Å². The fourth-order valence-corrected chi connectivity index (χ4v) is 3.62. The van der Waals surface area contributed by atoms with Crippen molar-refractivity contribution in [2.75, 3.05) is 32.8 Å². The summed E-state index contributed by atoms with van der Waals surface area (Å²) < 4.78 is 7.68. The Morgan fingerprint density at radius 1 is 1.36 bits per heavy atom. The second-order valence-electron chi connectivity index (χ2n) is 6.97. The van der Waals surface area contributed by atoms with E-state index in [1.807, 2.05) is 24.0 Å². The molecule has 3 heterocycles. The van der Waals surface area contributed by atoms with Crippen LogP contribution < -0.4 is 5.73 Å². The molecule has 8 heteroatoms. The molecule has 2 N–H and O–H groups in total. The number of likely N-dealkylation sites (tertiary alicyclic amines) is 1. The van der Waals surface area contributed by atoms with Crippen LogP contribution >= 0.6 is 0 Å². The average molecular weight is 349 g/mol. The molecule has 2 aliphatic rings. The van der Waals surface area contributed by atoms with Crippen LogP contribution in [-0.2, 0) is 20.9 Å². The lowest BCUT2D eigenvalue weighted by Crippen LogP contribution is -2.55. The summed E-state index contributed by atoms with van der Waals surface area (Å²) in [5, 5.41) is 4.29. The zero-order valence-electron chi connectivity index (χ0n) is 14.8. The van der Waals surface area contributed by atoms with Crippen LogP contribution in [0.5, 0.6) is 0 Å². The number of hydrogen-bond donors (Lipinski definition) is 1. The van der Waals surface area contributed by atoms with E-state index in [-0.39, 0.29) is 12.0 Å². The van der Waals surface area contributed by atoms with Gasteiger partial charge >= 0.3 is 0 Å². The highest BCUT2D eigenvalue weighted by Crippen LogP contribution is 2.18. The van der Waals surface area contributed by atoms with Gasteiger partial charge in [0.05, 0.1) is 32.0 Å². The van der Waals surface area contributed by atoms with E-state index in [1.165, 1.54) is 0 Å². The van der Waals surface area contributed by atoms with E-state index in [0.29, 0.717) is 39.2 Å². The van der Waals surface area contributed by atoms with Gasteiger partial charge in [0.1, 0.15) is 6.04 Å². The molecular weight excluding hydrogens is 322 g/mol. The van der Waals surface area contributed by atoms with Gasteiger partial charge in [-0.25, -0.2) is 0 Å². The van der Waals surface area contributed by atoms with E-state index in [9.17, 15) is 9.59 Å². The predicted octanol–water partition coefficient (Wildman–Crippen LogP) is -0.241. The predicted molar refractivity (Wildman–Crippen MR) is 91.7 cm³/mol. The van der Waals surface area contributed by atoms with Crippen molar-refractivity contribution in [2.45, 2.75) is 44.9 Å². The van der Waals surface area contributed by atoms with Gasteiger partial charge in [0.15, 0.2) is 0 Å². The Kier molecular flexibility index (Phi) is 5.70. The molecule has 1 aromatic rings. The molecule has 0 spiro atoms. The first-order valence-corrected chi connectivity index (χ1v) is 8.94. The Hall–Kier alpha value is -1.93. The highest BCUT2D eigenvalue weighted by Gasteiger charge is 2.32. The number of ether oxygens (including phenoxy) is 1. The first kappa shape index (κ1) is 17.9. The Morgan fingerprint density at radius 2 is 2.20 bits per heavy atom. The molecule has 3 rings (SSSR count). The molecule has 25 heavy (non-hydrogen) atoms. The molecule has 138 valence electrons. The maximum atomic E-state index is 12.7. The first-order valence-electron chi connectivity index (χ1n) is 8.94. The monoisotopic (exact) mass is 349 g/mol. The third-order valence-electron chi connectivity index (χ3n) is 4.89. The van der Waals surface area contributed by atoms with Crippen molar-refractivity contribution in [3.63, 3.8) is 0 Å². The molecule has 2 saturated heterocycles. The van der Waals surface area contributed by atoms with Crippen molar-refractivity contribution in [3.05, 3.63) is 18.0 Å². The fraction of sp³-hybridized carbons (Fsp3) is 0.706. The van der Waals surface area contributed by atoms with Crippen molar-refractivity contribution in [1.82, 2.24) is 19.6 Å². The second-order valence-corrected chi connectivity index (χ2v) is 6.97. The van der Waals surface area contributed by atoms with Crippen molar-refractivity contribution in [2.24, 2.45) is 5.73 Å². The Labute approximate surface area is 147 Å². The lowest BCUT2D eigenvalue weighted by Gasteiger charge is -2.37. The van der Waals surface area contributed by atoms with E-state index in [0.717, 1.165) is 24.9 Å². The third kappa shape index (κ3) is 4.58. The second kappa shape index (κ2) is 7.97. The van der Waals surface area contributed by atoms with Crippen LogP contribution in [0.15, 0.2) is 12.4 Å². The molecule has 2 amide bonds. The topological polar surface area (TPSA) is 93.7 Å². The highest BCUT2D eigenvalue weighted by molar-refractivity contribution is 5.87. The summed E-state index contributed by atoms with van der Waals surface area (Å²) in [5.74, 6) is -0.416. The van der Waals surface area contributed by atoms with E-state index >= 15 is 0 Å². The van der Waals surface area contributed by atoms with Crippen molar-refractivity contribution >= 4 is 11.8 Å². The number of piperidine rings is 1. The average Bonchev–Trinajstić information content (AvgIpc) is 3.00. The summed E-state index contributed by atoms with van der Waals surface area (Å²) in [6, 6.07) is -0.454. The summed E-state index contributed by atoms with van der Waals surface area (Å²) in [4.78, 5) is 28.0. The number of aromatic nitrogens is 2. The van der Waals surface area contributed by atoms with Gasteiger partial charge < -0.3 is 15.4 Å². The number of rotatable bonds is 5. The van der Waals surface area contributed by atoms with Crippen molar-refractivity contribution < 1.29 is 14.3 Å². The van der Waals surface area contributed by atoms with Gasteiger partial charge in [0.25, 0.3) is 0 Å². The minimum Gasteiger partial charge on any atom is -0.374 e. The van der Waals surface area contributed by atoms with Crippen molar-refractivity contribution in [1.29, 1.82) is 0 Å². The minimum absolute atomic E-state index is 0.00847. The molecule has 0 aromatic carbocycles. The van der Waals surface area contributed by atoms with Gasteiger partial charge in [0.2, 0.25) is 11.8 Å². The summed E-state index contributed by atoms with van der Waals surface area (Å²) in [6.07, 6.45) is 6.36. The lowest BCUT2D eigenvalue weighted by molar-refractivity contribution is -0.143. The standard InChI is InChI=1S/C17H27N5O3/c1-13-8-19-21(9-13)11-14-10-20(6-7-25-14)12-16(23)22-5-3-2-4-15(22)17(18)24/h8-9,14-15H,2-7,10-12H2,1H3,(H2,18,24). The van der Waals surface area contributed by atoms with E-state index in [2.05, 4.69) is 10.00 Å². The summed E-state index contributed by atoms with van der Waals surface area (Å²) in [7, 11) is 0. The SMILES string of the molecule is Cc1cnn(CC2CN(CC(=O)N3CCCCC3C(N)=O)CCO2)c1. The molecule has 0 bridgehead atoms. The molecule has 0 aliphatic carbocycles. The Bertz CT molecular complexity index is 617. The zero-order valence-corrected chi connectivity index (χ0v) is 14.8. The van der Waals surface area contributed by atoms with E-state index < -0.39 is 11.9 Å². The molecule has 2 atom stereocenters. The highest BCUT2D eigenvalue weighted by atomic mass is 16.5. The fourth-order valence-electron chi connectivity index (χ4n) is 3.62. The minimum atomic E-state index is -0.454. The van der Waals surface area contributed by atoms with Crippen LogP contribution in [0.1, 0.15) is 24.8 Å². The van der Waals surface area contributed by atoms with Gasteiger partial charge in [-0.15, -0.1) is 0 Å². The van der Waals surface area contributed by atoms with Crippen LogP contribution in [-0.4, -0.2) is 76.3 Å². The van der Waals surface area contributed by atoms with Gasteiger partial charge in [-0.2, -0.15) is 5.10 Å². The number of aryl methyl sites for hydroxylation is 1. The number of nitrogens with zero attached hydrogens (tertiary/aromatic N) is 4. The molecule has 0 saturated carbocycles. The number of hydrogen-bond acceptors (Lipinski definition) is 5. The zero-order chi connectivity index (χ0) is 17.8. The van der Waals surface area contributed by atoms with E-state index in [4.69, 9.17) is 10.5 Å². The Balaban J connectivity index is 1.54. The van der Waals surface area contributed by atoms with Crippen molar-refractivity contribution in [3.8, 4) is 0 Å². The van der Waals surface area contributed by atoms with Crippen LogP contribution in [0.25, 0.3) is 0 Å². The number of carbonyl (C=O) groups excluding carboxylic acids is 2. The molecule has 2 unspecified atom stereocenters. The summed E-state index contributed by atoms with van der Waals surface area (Å²) in [5.41, 5.74) is 6.58.